The third-order valence-electron chi connectivity index (χ3n) is 4.26. The van der Waals surface area contributed by atoms with E-state index in [2.05, 4.69) is 20.9 Å². The largest absolute Gasteiger partial charge is 0.388 e. The fraction of sp³-hybridized carbons (Fsp3) is 0.500. The first-order valence-electron chi connectivity index (χ1n) is 7.53. The smallest absolute Gasteiger partial charge is 0.0946 e. The molecular weight excluding hydrogens is 264 g/mol. The number of hydrogen-bond acceptors (Lipinski definition) is 4. The van der Waals surface area contributed by atoms with Crippen LogP contribution in [0.2, 0.25) is 0 Å². The van der Waals surface area contributed by atoms with E-state index in [1.807, 2.05) is 23.0 Å². The molecular formula is C16H22N4O. The zero-order valence-electron chi connectivity index (χ0n) is 12.2. The molecule has 3 heterocycles. The molecule has 0 saturated carbocycles. The zero-order chi connectivity index (χ0) is 14.5. The van der Waals surface area contributed by atoms with Gasteiger partial charge in [0.1, 0.15) is 0 Å². The van der Waals surface area contributed by atoms with Crippen molar-refractivity contribution in [2.75, 3.05) is 19.6 Å². The Bertz CT molecular complexity index is 533. The predicted octanol–water partition coefficient (Wildman–Crippen LogP) is 1.35. The first-order valence-corrected chi connectivity index (χ1v) is 7.53. The van der Waals surface area contributed by atoms with Gasteiger partial charge in [-0.3, -0.25) is 4.98 Å². The van der Waals surface area contributed by atoms with Crippen LogP contribution in [0.3, 0.4) is 0 Å². The van der Waals surface area contributed by atoms with E-state index < -0.39 is 5.60 Å². The van der Waals surface area contributed by atoms with E-state index in [-0.39, 0.29) is 0 Å². The molecule has 3 rings (SSSR count). The predicted molar refractivity (Wildman–Crippen MR) is 80.8 cm³/mol. The van der Waals surface area contributed by atoms with Gasteiger partial charge in [-0.2, -0.15) is 0 Å². The van der Waals surface area contributed by atoms with Crippen molar-refractivity contribution in [3.05, 3.63) is 48.8 Å². The fourth-order valence-corrected chi connectivity index (χ4v) is 2.90. The van der Waals surface area contributed by atoms with Gasteiger partial charge in [-0.05, 0) is 30.9 Å². The maximum Gasteiger partial charge on any atom is 0.0946 e. The number of imidazole rings is 1. The molecule has 0 amide bonds. The highest BCUT2D eigenvalue weighted by molar-refractivity contribution is 5.08. The third kappa shape index (κ3) is 3.89. The Balaban J connectivity index is 1.46. The molecule has 0 spiro atoms. The monoisotopic (exact) mass is 286 g/mol. The van der Waals surface area contributed by atoms with Gasteiger partial charge in [-0.15, -0.1) is 0 Å². The second-order valence-electron chi connectivity index (χ2n) is 5.91. The lowest BCUT2D eigenvalue weighted by atomic mass is 9.91. The first kappa shape index (κ1) is 14.2. The summed E-state index contributed by atoms with van der Waals surface area (Å²) in [7, 11) is 0. The van der Waals surface area contributed by atoms with E-state index in [4.69, 9.17) is 0 Å². The molecule has 1 saturated heterocycles. The summed E-state index contributed by atoms with van der Waals surface area (Å²) in [4.78, 5) is 10.6. The van der Waals surface area contributed by atoms with Crippen LogP contribution in [-0.2, 0) is 13.0 Å². The van der Waals surface area contributed by atoms with Gasteiger partial charge in [0.2, 0.25) is 0 Å². The van der Waals surface area contributed by atoms with Gasteiger partial charge in [0.15, 0.2) is 0 Å². The molecule has 21 heavy (non-hydrogen) atoms. The van der Waals surface area contributed by atoms with E-state index >= 15 is 0 Å². The van der Waals surface area contributed by atoms with Crippen LogP contribution in [0.25, 0.3) is 0 Å². The van der Waals surface area contributed by atoms with E-state index in [9.17, 15) is 5.11 Å². The topological polar surface area (TPSA) is 54.2 Å². The highest BCUT2D eigenvalue weighted by atomic mass is 16.3. The number of aromatic nitrogens is 3. The summed E-state index contributed by atoms with van der Waals surface area (Å²) in [5.41, 5.74) is 0.683. The van der Waals surface area contributed by atoms with Crippen molar-refractivity contribution in [1.29, 1.82) is 0 Å². The SMILES string of the molecule is OC1(Cn2ccnc2)CCN(CCc2cccnc2)CC1. The van der Waals surface area contributed by atoms with Crippen LogP contribution in [-0.4, -0.2) is 49.8 Å². The Kier molecular flexibility index (Phi) is 4.31. The molecule has 1 aliphatic heterocycles. The minimum absolute atomic E-state index is 0.592. The molecule has 0 bridgehead atoms. The van der Waals surface area contributed by atoms with Crippen molar-refractivity contribution in [3.63, 3.8) is 0 Å². The average molecular weight is 286 g/mol. The molecule has 1 N–H and O–H groups in total. The van der Waals surface area contributed by atoms with E-state index in [1.165, 1.54) is 5.56 Å². The van der Waals surface area contributed by atoms with Crippen LogP contribution in [0.1, 0.15) is 18.4 Å². The number of aliphatic hydroxyl groups is 1. The van der Waals surface area contributed by atoms with Crippen LogP contribution in [0.4, 0.5) is 0 Å². The summed E-state index contributed by atoms with van der Waals surface area (Å²) in [5, 5.41) is 10.7. The fourth-order valence-electron chi connectivity index (χ4n) is 2.90. The molecule has 1 fully saturated rings. The van der Waals surface area contributed by atoms with Crippen LogP contribution in [0, 0.1) is 0 Å². The van der Waals surface area contributed by atoms with E-state index in [0.717, 1.165) is 38.9 Å². The molecule has 0 radical (unpaired) electrons. The Morgan fingerprint density at radius 1 is 1.19 bits per heavy atom. The third-order valence-corrected chi connectivity index (χ3v) is 4.26. The lowest BCUT2D eigenvalue weighted by molar-refractivity contribution is -0.0338. The minimum atomic E-state index is -0.592. The quantitative estimate of drug-likeness (QED) is 0.901. The lowest BCUT2D eigenvalue weighted by Crippen LogP contribution is -2.47. The summed E-state index contributed by atoms with van der Waals surface area (Å²) >= 11 is 0. The number of nitrogens with zero attached hydrogens (tertiary/aromatic N) is 4. The molecule has 2 aromatic heterocycles. The zero-order valence-corrected chi connectivity index (χ0v) is 12.2. The maximum atomic E-state index is 10.7. The van der Waals surface area contributed by atoms with Crippen LogP contribution in [0.5, 0.6) is 0 Å². The first-order chi connectivity index (χ1) is 10.2. The molecule has 5 heteroatoms. The molecule has 0 aliphatic carbocycles. The van der Waals surface area contributed by atoms with Gasteiger partial charge in [0, 0.05) is 44.4 Å². The molecule has 1 aliphatic rings. The average Bonchev–Trinajstić information content (AvgIpc) is 3.00. The molecule has 5 nitrogen and oxygen atoms in total. The normalized spacial score (nSPS) is 18.7. The maximum absolute atomic E-state index is 10.7. The van der Waals surface area contributed by atoms with Crippen molar-refractivity contribution >= 4 is 0 Å². The van der Waals surface area contributed by atoms with E-state index in [1.54, 1.807) is 18.7 Å². The Hall–Kier alpha value is -1.72. The number of pyridine rings is 1. The second kappa shape index (κ2) is 6.37. The Morgan fingerprint density at radius 3 is 2.71 bits per heavy atom. The van der Waals surface area contributed by atoms with Gasteiger partial charge in [-0.1, -0.05) is 6.07 Å². The summed E-state index contributed by atoms with van der Waals surface area (Å²) in [5.74, 6) is 0. The summed E-state index contributed by atoms with van der Waals surface area (Å²) < 4.78 is 1.96. The lowest BCUT2D eigenvalue weighted by Gasteiger charge is -2.38. The van der Waals surface area contributed by atoms with E-state index in [0.29, 0.717) is 6.54 Å². The van der Waals surface area contributed by atoms with Crippen LogP contribution < -0.4 is 0 Å². The van der Waals surface area contributed by atoms with Crippen molar-refractivity contribution < 1.29 is 5.11 Å². The number of rotatable bonds is 5. The Labute approximate surface area is 125 Å². The molecule has 2 aromatic rings. The van der Waals surface area contributed by atoms with Gasteiger partial charge in [-0.25, -0.2) is 4.98 Å². The van der Waals surface area contributed by atoms with Crippen molar-refractivity contribution in [1.82, 2.24) is 19.4 Å². The highest BCUT2D eigenvalue weighted by Crippen LogP contribution is 2.24. The molecule has 112 valence electrons. The van der Waals surface area contributed by atoms with Crippen molar-refractivity contribution in [3.8, 4) is 0 Å². The van der Waals surface area contributed by atoms with Crippen LogP contribution >= 0.6 is 0 Å². The number of likely N-dealkylation sites (tertiary alicyclic amines) is 1. The summed E-state index contributed by atoms with van der Waals surface area (Å²) in [6.45, 7) is 3.58. The standard InChI is InChI=1S/C16H22N4O/c21-16(13-20-11-7-18-14-20)4-9-19(10-5-16)8-3-15-2-1-6-17-12-15/h1-2,6-7,11-12,14,21H,3-5,8-10,13H2. The van der Waals surface area contributed by atoms with Gasteiger partial charge in [0.05, 0.1) is 18.5 Å². The van der Waals surface area contributed by atoms with Crippen molar-refractivity contribution in [2.45, 2.75) is 31.4 Å². The molecule has 0 atom stereocenters. The van der Waals surface area contributed by atoms with Gasteiger partial charge < -0.3 is 14.6 Å². The number of hydrogen-bond donors (Lipinski definition) is 1. The summed E-state index contributed by atoms with van der Waals surface area (Å²) in [6, 6.07) is 4.10. The van der Waals surface area contributed by atoms with Crippen molar-refractivity contribution in [2.24, 2.45) is 0 Å². The molecule has 0 unspecified atom stereocenters. The van der Waals surface area contributed by atoms with Gasteiger partial charge >= 0.3 is 0 Å². The van der Waals surface area contributed by atoms with Gasteiger partial charge in [0.25, 0.3) is 0 Å². The summed E-state index contributed by atoms with van der Waals surface area (Å²) in [6.07, 6.45) is 11.8. The highest BCUT2D eigenvalue weighted by Gasteiger charge is 2.32. The molecule has 0 aromatic carbocycles. The second-order valence-corrected chi connectivity index (χ2v) is 5.91. The Morgan fingerprint density at radius 2 is 2.05 bits per heavy atom. The number of piperidine rings is 1. The van der Waals surface area contributed by atoms with Crippen LogP contribution in [0.15, 0.2) is 43.2 Å². The minimum Gasteiger partial charge on any atom is -0.388 e.